The molecule has 2 aromatic carbocycles. The first-order valence-electron chi connectivity index (χ1n) is 8.46. The minimum Gasteiger partial charge on any atom is -0.378 e. The van der Waals surface area contributed by atoms with Crippen LogP contribution in [0.3, 0.4) is 0 Å². The van der Waals surface area contributed by atoms with E-state index in [4.69, 9.17) is 16.3 Å². The number of aromatic nitrogens is 2. The summed E-state index contributed by atoms with van der Waals surface area (Å²) in [6, 6.07) is 18.4. The molecule has 1 N–H and O–H groups in total. The van der Waals surface area contributed by atoms with Crippen LogP contribution in [-0.4, -0.2) is 34.6 Å². The molecule has 1 unspecified atom stereocenters. The quantitative estimate of drug-likeness (QED) is 0.760. The average Bonchev–Trinajstić information content (AvgIpc) is 3.15. The lowest BCUT2D eigenvalue weighted by atomic mass is 10.1. The number of hydrogen-bond acceptors (Lipinski definition) is 3. The number of imidazole rings is 1. The zero-order valence-electron chi connectivity index (χ0n) is 13.9. The van der Waals surface area contributed by atoms with Crippen LogP contribution in [0.5, 0.6) is 0 Å². The standard InChI is InChI=1S/C20H20ClN3O/c21-17-8-6-15(7-9-17)13-24-10-11-25-14-19(24)20-22-12-18(23-20)16-4-2-1-3-5-16/h1-9,12,19H,10-11,13-14H2,(H,22,23). The topological polar surface area (TPSA) is 41.1 Å². The van der Waals surface area contributed by atoms with Gasteiger partial charge in [-0.2, -0.15) is 0 Å². The molecule has 1 atom stereocenters. The zero-order chi connectivity index (χ0) is 17.1. The molecule has 1 aliphatic rings. The van der Waals surface area contributed by atoms with Crippen LogP contribution in [0.4, 0.5) is 0 Å². The lowest BCUT2D eigenvalue weighted by Gasteiger charge is -2.34. The molecule has 0 radical (unpaired) electrons. The molecule has 128 valence electrons. The van der Waals surface area contributed by atoms with Crippen LogP contribution in [0.1, 0.15) is 17.4 Å². The van der Waals surface area contributed by atoms with Crippen molar-refractivity contribution in [1.29, 1.82) is 0 Å². The van der Waals surface area contributed by atoms with Crippen molar-refractivity contribution in [1.82, 2.24) is 14.9 Å². The fourth-order valence-corrected chi connectivity index (χ4v) is 3.30. The Morgan fingerprint density at radius 2 is 1.92 bits per heavy atom. The Morgan fingerprint density at radius 3 is 2.72 bits per heavy atom. The summed E-state index contributed by atoms with van der Waals surface area (Å²) in [6.07, 6.45) is 1.90. The molecule has 1 aliphatic heterocycles. The third-order valence-corrected chi connectivity index (χ3v) is 4.79. The molecule has 25 heavy (non-hydrogen) atoms. The molecule has 0 spiro atoms. The van der Waals surface area contributed by atoms with Crippen molar-refractivity contribution in [3.05, 3.63) is 77.2 Å². The number of halogens is 1. The molecule has 2 heterocycles. The monoisotopic (exact) mass is 353 g/mol. The van der Waals surface area contributed by atoms with Gasteiger partial charge in [-0.3, -0.25) is 4.90 Å². The number of H-pyrrole nitrogens is 1. The van der Waals surface area contributed by atoms with Gasteiger partial charge in [-0.05, 0) is 23.3 Å². The lowest BCUT2D eigenvalue weighted by molar-refractivity contribution is -0.0156. The van der Waals surface area contributed by atoms with Crippen LogP contribution in [0.15, 0.2) is 60.8 Å². The van der Waals surface area contributed by atoms with E-state index in [1.165, 1.54) is 5.56 Å². The Morgan fingerprint density at radius 1 is 1.12 bits per heavy atom. The number of ether oxygens (including phenoxy) is 1. The summed E-state index contributed by atoms with van der Waals surface area (Å²) in [5.41, 5.74) is 3.42. The highest BCUT2D eigenvalue weighted by Crippen LogP contribution is 2.26. The summed E-state index contributed by atoms with van der Waals surface area (Å²) in [5.74, 6) is 0.951. The fraction of sp³-hybridized carbons (Fsp3) is 0.250. The second kappa shape index (κ2) is 7.40. The first-order valence-corrected chi connectivity index (χ1v) is 8.84. The van der Waals surface area contributed by atoms with Crippen molar-refractivity contribution in [3.8, 4) is 11.3 Å². The van der Waals surface area contributed by atoms with E-state index in [0.717, 1.165) is 41.8 Å². The first kappa shape index (κ1) is 16.3. The predicted molar refractivity (Wildman–Crippen MR) is 99.4 cm³/mol. The molecule has 4 nitrogen and oxygen atoms in total. The lowest BCUT2D eigenvalue weighted by Crippen LogP contribution is -2.39. The maximum atomic E-state index is 5.99. The maximum absolute atomic E-state index is 5.99. The normalized spacial score (nSPS) is 18.4. The number of nitrogens with zero attached hydrogens (tertiary/aromatic N) is 2. The second-order valence-corrected chi connectivity index (χ2v) is 6.67. The minimum absolute atomic E-state index is 0.127. The predicted octanol–water partition coefficient (Wildman–Crippen LogP) is 4.30. The summed E-state index contributed by atoms with van der Waals surface area (Å²) in [6.45, 7) is 3.13. The van der Waals surface area contributed by atoms with Crippen LogP contribution in [-0.2, 0) is 11.3 Å². The third kappa shape index (κ3) is 3.76. The molecular weight excluding hydrogens is 334 g/mol. The first-order chi connectivity index (χ1) is 12.3. The summed E-state index contributed by atoms with van der Waals surface area (Å²) in [5, 5.41) is 0.765. The Balaban J connectivity index is 1.55. The van der Waals surface area contributed by atoms with Gasteiger partial charge in [0.25, 0.3) is 0 Å². The summed E-state index contributed by atoms with van der Waals surface area (Å²) in [7, 11) is 0. The molecule has 0 bridgehead atoms. The fourth-order valence-electron chi connectivity index (χ4n) is 3.17. The largest absolute Gasteiger partial charge is 0.378 e. The van der Waals surface area contributed by atoms with Crippen LogP contribution in [0.2, 0.25) is 5.02 Å². The molecule has 3 aromatic rings. The summed E-state index contributed by atoms with van der Waals surface area (Å²) in [4.78, 5) is 10.5. The highest BCUT2D eigenvalue weighted by molar-refractivity contribution is 6.30. The van der Waals surface area contributed by atoms with Crippen molar-refractivity contribution in [2.75, 3.05) is 19.8 Å². The van der Waals surface area contributed by atoms with Gasteiger partial charge in [-0.1, -0.05) is 54.1 Å². The van der Waals surface area contributed by atoms with Crippen molar-refractivity contribution in [2.24, 2.45) is 0 Å². The van der Waals surface area contributed by atoms with E-state index in [0.29, 0.717) is 6.61 Å². The molecule has 4 rings (SSSR count). The Hall–Kier alpha value is -2.14. The zero-order valence-corrected chi connectivity index (χ0v) is 14.6. The highest BCUT2D eigenvalue weighted by atomic mass is 35.5. The maximum Gasteiger partial charge on any atom is 0.126 e. The van der Waals surface area contributed by atoms with Crippen LogP contribution >= 0.6 is 11.6 Å². The number of hydrogen-bond donors (Lipinski definition) is 1. The van der Waals surface area contributed by atoms with Crippen LogP contribution < -0.4 is 0 Å². The van der Waals surface area contributed by atoms with Gasteiger partial charge >= 0.3 is 0 Å². The Kier molecular flexibility index (Phi) is 4.83. The van der Waals surface area contributed by atoms with Gasteiger partial charge in [0.05, 0.1) is 31.1 Å². The number of rotatable bonds is 4. The molecule has 0 aliphatic carbocycles. The summed E-state index contributed by atoms with van der Waals surface area (Å²) >= 11 is 5.99. The number of benzene rings is 2. The Bertz CT molecular complexity index is 816. The molecule has 0 amide bonds. The van der Waals surface area contributed by atoms with E-state index < -0.39 is 0 Å². The van der Waals surface area contributed by atoms with Gasteiger partial charge in [-0.15, -0.1) is 0 Å². The van der Waals surface area contributed by atoms with Crippen molar-refractivity contribution in [2.45, 2.75) is 12.6 Å². The average molecular weight is 354 g/mol. The van der Waals surface area contributed by atoms with E-state index >= 15 is 0 Å². The van der Waals surface area contributed by atoms with Crippen LogP contribution in [0, 0.1) is 0 Å². The van der Waals surface area contributed by atoms with Gasteiger partial charge in [0.15, 0.2) is 0 Å². The van der Waals surface area contributed by atoms with E-state index in [1.807, 2.05) is 36.5 Å². The smallest absolute Gasteiger partial charge is 0.126 e. The van der Waals surface area contributed by atoms with Gasteiger partial charge in [0, 0.05) is 18.1 Å². The number of nitrogens with one attached hydrogen (secondary N) is 1. The van der Waals surface area contributed by atoms with Gasteiger partial charge in [0.2, 0.25) is 0 Å². The Labute approximate surface area is 152 Å². The van der Waals surface area contributed by atoms with Gasteiger partial charge in [-0.25, -0.2) is 4.98 Å². The molecular formula is C20H20ClN3O. The van der Waals surface area contributed by atoms with E-state index in [-0.39, 0.29) is 6.04 Å². The molecule has 1 aromatic heterocycles. The SMILES string of the molecule is Clc1ccc(CN2CCOCC2c2ncc(-c3ccccc3)[nH]2)cc1. The van der Waals surface area contributed by atoms with Crippen LogP contribution in [0.25, 0.3) is 11.3 Å². The van der Waals surface area contributed by atoms with Crippen molar-refractivity contribution < 1.29 is 4.74 Å². The highest BCUT2D eigenvalue weighted by Gasteiger charge is 2.27. The molecule has 1 saturated heterocycles. The van der Waals surface area contributed by atoms with Gasteiger partial charge in [0.1, 0.15) is 5.82 Å². The minimum atomic E-state index is 0.127. The number of aromatic amines is 1. The van der Waals surface area contributed by atoms with E-state index in [9.17, 15) is 0 Å². The van der Waals surface area contributed by atoms with Crippen molar-refractivity contribution in [3.63, 3.8) is 0 Å². The third-order valence-electron chi connectivity index (χ3n) is 4.53. The molecule has 0 saturated carbocycles. The van der Waals surface area contributed by atoms with Crippen molar-refractivity contribution >= 4 is 11.6 Å². The van der Waals surface area contributed by atoms with E-state index in [1.54, 1.807) is 0 Å². The molecule has 1 fully saturated rings. The second-order valence-electron chi connectivity index (χ2n) is 6.24. The molecule has 5 heteroatoms. The van der Waals surface area contributed by atoms with E-state index in [2.05, 4.69) is 39.1 Å². The number of morpholine rings is 1. The van der Waals surface area contributed by atoms with Gasteiger partial charge < -0.3 is 9.72 Å². The summed E-state index contributed by atoms with van der Waals surface area (Å²) < 4.78 is 5.72.